The van der Waals surface area contributed by atoms with Gasteiger partial charge in [-0.05, 0) is 42.0 Å². The average molecular weight is 431 g/mol. The lowest BCUT2D eigenvalue weighted by Gasteiger charge is -2.26. The highest BCUT2D eigenvalue weighted by Crippen LogP contribution is 2.20. The number of amides is 1. The molecule has 162 valence electrons. The number of benzene rings is 1. The molecule has 1 unspecified atom stereocenters. The van der Waals surface area contributed by atoms with E-state index < -0.39 is 0 Å². The van der Waals surface area contributed by atoms with Crippen molar-refractivity contribution in [2.24, 2.45) is 0 Å². The van der Waals surface area contributed by atoms with E-state index in [1.54, 1.807) is 0 Å². The second-order valence-electron chi connectivity index (χ2n) is 7.74. The summed E-state index contributed by atoms with van der Waals surface area (Å²) in [6, 6.07) is 11.9. The molecule has 4 rings (SSSR count). The largest absolute Gasteiger partial charge is 0.492 e. The van der Waals surface area contributed by atoms with Crippen LogP contribution in [0.5, 0.6) is 5.75 Å². The molecule has 0 bridgehead atoms. The predicted molar refractivity (Wildman–Crippen MR) is 117 cm³/mol. The fourth-order valence-corrected chi connectivity index (χ4v) is 4.53. The first kappa shape index (κ1) is 21.3. The van der Waals surface area contributed by atoms with Gasteiger partial charge in [0.1, 0.15) is 12.4 Å². The van der Waals surface area contributed by atoms with Crippen LogP contribution in [0.3, 0.4) is 0 Å². The van der Waals surface area contributed by atoms with Crippen LogP contribution in [-0.2, 0) is 16.0 Å². The van der Waals surface area contributed by atoms with Gasteiger partial charge < -0.3 is 19.1 Å². The lowest BCUT2D eigenvalue weighted by atomic mass is 10.1. The van der Waals surface area contributed by atoms with E-state index in [1.165, 1.54) is 11.3 Å². The van der Waals surface area contributed by atoms with Gasteiger partial charge in [-0.3, -0.25) is 9.69 Å². The molecule has 0 N–H and O–H groups in total. The third-order valence-corrected chi connectivity index (χ3v) is 6.40. The Balaban J connectivity index is 1.32. The maximum atomic E-state index is 13.0. The molecule has 2 fully saturated rings. The number of nitrogens with zero attached hydrogens (tertiary/aromatic N) is 2. The van der Waals surface area contributed by atoms with E-state index in [2.05, 4.69) is 4.90 Å². The van der Waals surface area contributed by atoms with Crippen LogP contribution in [0.25, 0.3) is 0 Å². The third kappa shape index (κ3) is 6.04. The van der Waals surface area contributed by atoms with E-state index >= 15 is 0 Å². The molecular weight excluding hydrogens is 400 g/mol. The first-order chi connectivity index (χ1) is 14.8. The molecule has 0 saturated carbocycles. The Kier molecular flexibility index (Phi) is 7.75. The fraction of sp³-hybridized carbons (Fsp3) is 0.522. The Morgan fingerprint density at radius 2 is 2.00 bits per heavy atom. The summed E-state index contributed by atoms with van der Waals surface area (Å²) < 4.78 is 17.1. The summed E-state index contributed by atoms with van der Waals surface area (Å²) in [5.74, 6) is 0.939. The fourth-order valence-electron chi connectivity index (χ4n) is 3.84. The van der Waals surface area contributed by atoms with Crippen LogP contribution < -0.4 is 4.74 Å². The van der Waals surface area contributed by atoms with Crippen LogP contribution in [0.2, 0.25) is 0 Å². The molecule has 1 amide bonds. The Morgan fingerprint density at radius 1 is 1.17 bits per heavy atom. The Labute approximate surface area is 182 Å². The Bertz CT molecular complexity index is 769. The van der Waals surface area contributed by atoms with Crippen molar-refractivity contribution in [3.63, 3.8) is 0 Å². The molecule has 30 heavy (non-hydrogen) atoms. The van der Waals surface area contributed by atoms with Crippen LogP contribution in [0.15, 0.2) is 41.8 Å². The molecule has 6 nitrogen and oxygen atoms in total. The van der Waals surface area contributed by atoms with Gasteiger partial charge >= 0.3 is 0 Å². The summed E-state index contributed by atoms with van der Waals surface area (Å²) in [4.78, 5) is 18.0. The zero-order chi connectivity index (χ0) is 20.6. The van der Waals surface area contributed by atoms with Gasteiger partial charge in [0.05, 0.1) is 24.2 Å². The summed E-state index contributed by atoms with van der Waals surface area (Å²) in [6.45, 7) is 7.14. The van der Waals surface area contributed by atoms with Crippen LogP contribution in [0, 0.1) is 0 Å². The summed E-state index contributed by atoms with van der Waals surface area (Å²) in [5.41, 5.74) is 1.10. The number of ether oxygens (including phenoxy) is 3. The first-order valence-corrected chi connectivity index (χ1v) is 11.6. The zero-order valence-electron chi connectivity index (χ0n) is 17.3. The van der Waals surface area contributed by atoms with Gasteiger partial charge in [-0.15, -0.1) is 11.3 Å². The van der Waals surface area contributed by atoms with Gasteiger partial charge in [0, 0.05) is 39.3 Å². The quantitative estimate of drug-likeness (QED) is 0.611. The van der Waals surface area contributed by atoms with Crippen LogP contribution >= 0.6 is 11.3 Å². The molecular formula is C23H30N2O4S. The second-order valence-corrected chi connectivity index (χ2v) is 8.69. The van der Waals surface area contributed by atoms with E-state index in [-0.39, 0.29) is 12.0 Å². The van der Waals surface area contributed by atoms with E-state index in [4.69, 9.17) is 14.2 Å². The van der Waals surface area contributed by atoms with E-state index in [0.717, 1.165) is 68.5 Å². The highest BCUT2D eigenvalue weighted by molar-refractivity contribution is 7.12. The third-order valence-electron chi connectivity index (χ3n) is 5.54. The van der Waals surface area contributed by atoms with Crippen LogP contribution in [0.4, 0.5) is 0 Å². The van der Waals surface area contributed by atoms with Crippen molar-refractivity contribution in [1.82, 2.24) is 9.80 Å². The summed E-state index contributed by atoms with van der Waals surface area (Å²) in [5, 5.41) is 1.94. The number of carbonyl (C=O) groups is 1. The average Bonchev–Trinajstić information content (AvgIpc) is 3.49. The monoisotopic (exact) mass is 430 g/mol. The normalized spacial score (nSPS) is 19.7. The van der Waals surface area contributed by atoms with E-state index in [0.29, 0.717) is 19.7 Å². The summed E-state index contributed by atoms with van der Waals surface area (Å²) in [6.07, 6.45) is 2.23. The number of thiophene rings is 1. The molecule has 0 spiro atoms. The lowest BCUT2D eigenvalue weighted by Crippen LogP contribution is -2.38. The molecule has 0 radical (unpaired) electrons. The van der Waals surface area contributed by atoms with E-state index in [9.17, 15) is 4.79 Å². The molecule has 2 saturated heterocycles. The van der Waals surface area contributed by atoms with Gasteiger partial charge in [0.25, 0.3) is 5.91 Å². The van der Waals surface area contributed by atoms with Crippen LogP contribution in [-0.4, -0.2) is 74.4 Å². The van der Waals surface area contributed by atoms with Crippen LogP contribution in [0.1, 0.15) is 28.1 Å². The minimum atomic E-state index is 0.0753. The van der Waals surface area contributed by atoms with Crippen molar-refractivity contribution in [2.75, 3.05) is 52.6 Å². The molecule has 2 aliphatic heterocycles. The zero-order valence-corrected chi connectivity index (χ0v) is 18.1. The van der Waals surface area contributed by atoms with Gasteiger partial charge in [-0.2, -0.15) is 0 Å². The van der Waals surface area contributed by atoms with E-state index in [1.807, 2.05) is 46.7 Å². The topological polar surface area (TPSA) is 51.2 Å². The number of hydrogen-bond acceptors (Lipinski definition) is 6. The molecule has 1 aromatic carbocycles. The van der Waals surface area contributed by atoms with Gasteiger partial charge in [-0.1, -0.05) is 18.2 Å². The number of carbonyl (C=O) groups excluding carboxylic acids is 1. The summed E-state index contributed by atoms with van der Waals surface area (Å²) >= 11 is 1.49. The molecule has 2 aliphatic rings. The highest BCUT2D eigenvalue weighted by Gasteiger charge is 2.24. The lowest BCUT2D eigenvalue weighted by molar-refractivity contribution is 0.0322. The maximum absolute atomic E-state index is 13.0. The maximum Gasteiger partial charge on any atom is 0.264 e. The highest BCUT2D eigenvalue weighted by atomic mass is 32.1. The Morgan fingerprint density at radius 3 is 2.70 bits per heavy atom. The first-order valence-electron chi connectivity index (χ1n) is 10.7. The standard InChI is InChI=1S/C23H30N2O4S/c26-23(22-4-2-16-30-22)25(18-21-3-1-12-28-21)17-19-5-7-20(8-6-19)29-15-11-24-9-13-27-14-10-24/h2,4-8,16,21H,1,3,9-15,17-18H2. The van der Waals surface area contributed by atoms with Crippen molar-refractivity contribution in [3.05, 3.63) is 52.2 Å². The molecule has 7 heteroatoms. The van der Waals surface area contributed by atoms with Crippen molar-refractivity contribution >= 4 is 17.2 Å². The number of morpholine rings is 1. The number of hydrogen-bond donors (Lipinski definition) is 0. The van der Waals surface area contributed by atoms with Gasteiger partial charge in [0.15, 0.2) is 0 Å². The smallest absolute Gasteiger partial charge is 0.264 e. The minimum Gasteiger partial charge on any atom is -0.492 e. The van der Waals surface area contributed by atoms with Crippen molar-refractivity contribution < 1.29 is 19.0 Å². The second kappa shape index (κ2) is 10.9. The van der Waals surface area contributed by atoms with Crippen molar-refractivity contribution in [1.29, 1.82) is 0 Å². The summed E-state index contributed by atoms with van der Waals surface area (Å²) in [7, 11) is 0. The van der Waals surface area contributed by atoms with Gasteiger partial charge in [-0.25, -0.2) is 0 Å². The molecule has 3 heterocycles. The predicted octanol–water partition coefficient (Wildman–Crippen LogP) is 3.28. The van der Waals surface area contributed by atoms with Gasteiger partial charge in [0.2, 0.25) is 0 Å². The number of rotatable bonds is 9. The molecule has 1 atom stereocenters. The molecule has 0 aliphatic carbocycles. The Hall–Kier alpha value is -1.93. The molecule has 1 aromatic heterocycles. The van der Waals surface area contributed by atoms with Crippen molar-refractivity contribution in [3.8, 4) is 5.75 Å². The molecule has 2 aromatic rings. The minimum absolute atomic E-state index is 0.0753. The SMILES string of the molecule is O=C(c1cccs1)N(Cc1ccc(OCCN2CCOCC2)cc1)CC1CCCO1. The van der Waals surface area contributed by atoms with Crippen molar-refractivity contribution in [2.45, 2.75) is 25.5 Å².